The number of ketones is 1. The molecule has 0 aliphatic carbocycles. The van der Waals surface area contributed by atoms with E-state index in [0.29, 0.717) is 5.56 Å². The summed E-state index contributed by atoms with van der Waals surface area (Å²) < 4.78 is 4.77. The highest BCUT2D eigenvalue weighted by Crippen LogP contribution is 2.25. The standard InChI is InChI=1S/C13H16O5/c1-2-3-6-18-13(17)12(16)8-9-4-5-10(14)11(15)7-9/h4-5,7,14-15H,2-3,6,8H2,1H3. The van der Waals surface area contributed by atoms with E-state index in [9.17, 15) is 14.7 Å². The number of Topliss-reactive ketones (excluding diaryl/α,β-unsaturated/α-hetero) is 1. The topological polar surface area (TPSA) is 83.8 Å². The molecule has 0 aliphatic rings. The number of hydrogen-bond acceptors (Lipinski definition) is 5. The van der Waals surface area contributed by atoms with Gasteiger partial charge in [-0.15, -0.1) is 0 Å². The molecular weight excluding hydrogens is 236 g/mol. The van der Waals surface area contributed by atoms with Gasteiger partial charge in [0.1, 0.15) is 0 Å². The van der Waals surface area contributed by atoms with Crippen LogP contribution in [-0.4, -0.2) is 28.6 Å². The fourth-order valence-corrected chi connectivity index (χ4v) is 1.33. The van der Waals surface area contributed by atoms with Crippen molar-refractivity contribution in [2.45, 2.75) is 26.2 Å². The van der Waals surface area contributed by atoms with Crippen LogP contribution in [0.25, 0.3) is 0 Å². The van der Waals surface area contributed by atoms with Gasteiger partial charge in [0.25, 0.3) is 0 Å². The summed E-state index contributed by atoms with van der Waals surface area (Å²) in [6.07, 6.45) is 1.45. The Labute approximate surface area is 105 Å². The molecule has 2 N–H and O–H groups in total. The number of carbonyl (C=O) groups excluding carboxylic acids is 2. The van der Waals surface area contributed by atoms with Crippen molar-refractivity contribution in [2.75, 3.05) is 6.61 Å². The van der Waals surface area contributed by atoms with Crippen LogP contribution < -0.4 is 0 Å². The first-order chi connectivity index (χ1) is 8.54. The summed E-state index contributed by atoms with van der Waals surface area (Å²) in [5.74, 6) is -2.12. The number of carbonyl (C=O) groups is 2. The molecule has 0 fully saturated rings. The van der Waals surface area contributed by atoms with E-state index in [1.54, 1.807) is 0 Å². The Balaban J connectivity index is 2.53. The second-order valence-electron chi connectivity index (χ2n) is 3.91. The van der Waals surface area contributed by atoms with Crippen LogP contribution in [0.3, 0.4) is 0 Å². The molecule has 0 spiro atoms. The Morgan fingerprint density at radius 2 is 1.94 bits per heavy atom. The van der Waals surface area contributed by atoms with Crippen LogP contribution >= 0.6 is 0 Å². The Kier molecular flexibility index (Phi) is 5.17. The largest absolute Gasteiger partial charge is 0.504 e. The van der Waals surface area contributed by atoms with E-state index >= 15 is 0 Å². The number of benzene rings is 1. The second kappa shape index (κ2) is 6.64. The third-order valence-corrected chi connectivity index (χ3v) is 2.36. The van der Waals surface area contributed by atoms with E-state index in [1.165, 1.54) is 18.2 Å². The highest BCUT2D eigenvalue weighted by molar-refractivity contribution is 6.34. The first kappa shape index (κ1) is 14.0. The summed E-state index contributed by atoms with van der Waals surface area (Å²) in [4.78, 5) is 22.8. The van der Waals surface area contributed by atoms with Crippen LogP contribution in [-0.2, 0) is 20.7 Å². The van der Waals surface area contributed by atoms with Gasteiger partial charge in [-0.3, -0.25) is 4.79 Å². The summed E-state index contributed by atoms with van der Waals surface area (Å²) in [6.45, 7) is 2.19. The summed E-state index contributed by atoms with van der Waals surface area (Å²) in [5.41, 5.74) is 0.447. The molecule has 1 aromatic rings. The smallest absolute Gasteiger partial charge is 0.374 e. The molecule has 0 saturated carbocycles. The Morgan fingerprint density at radius 3 is 2.56 bits per heavy atom. The normalized spacial score (nSPS) is 10.1. The number of phenols is 2. The monoisotopic (exact) mass is 252 g/mol. The van der Waals surface area contributed by atoms with E-state index in [0.717, 1.165) is 12.8 Å². The number of aromatic hydroxyl groups is 2. The fraction of sp³-hybridized carbons (Fsp3) is 0.385. The van der Waals surface area contributed by atoms with Crippen molar-refractivity contribution in [1.29, 1.82) is 0 Å². The number of unbranched alkanes of at least 4 members (excludes halogenated alkanes) is 1. The number of phenolic OH excluding ortho intramolecular Hbond substituents is 2. The summed E-state index contributed by atoms with van der Waals surface area (Å²) in [7, 11) is 0. The fourth-order valence-electron chi connectivity index (χ4n) is 1.33. The van der Waals surface area contributed by atoms with E-state index in [4.69, 9.17) is 9.84 Å². The van der Waals surface area contributed by atoms with Crippen LogP contribution in [0.15, 0.2) is 18.2 Å². The van der Waals surface area contributed by atoms with E-state index in [2.05, 4.69) is 0 Å². The second-order valence-corrected chi connectivity index (χ2v) is 3.91. The summed E-state index contributed by atoms with van der Waals surface area (Å²) in [6, 6.07) is 3.97. The highest BCUT2D eigenvalue weighted by atomic mass is 16.5. The SMILES string of the molecule is CCCCOC(=O)C(=O)Cc1ccc(O)c(O)c1. The Hall–Kier alpha value is -2.04. The van der Waals surface area contributed by atoms with Gasteiger partial charge in [0.05, 0.1) is 6.61 Å². The lowest BCUT2D eigenvalue weighted by Crippen LogP contribution is -2.20. The molecule has 0 atom stereocenters. The number of esters is 1. The van der Waals surface area contributed by atoms with Crippen LogP contribution in [0.5, 0.6) is 11.5 Å². The molecule has 98 valence electrons. The highest BCUT2D eigenvalue weighted by Gasteiger charge is 2.16. The molecule has 0 aromatic heterocycles. The van der Waals surface area contributed by atoms with Crippen LogP contribution in [0, 0.1) is 0 Å². The predicted octanol–water partition coefficient (Wildman–Crippen LogP) is 1.55. The van der Waals surface area contributed by atoms with Gasteiger partial charge in [0.2, 0.25) is 5.78 Å². The van der Waals surface area contributed by atoms with Gasteiger partial charge in [-0.2, -0.15) is 0 Å². The van der Waals surface area contributed by atoms with Crippen LogP contribution in [0.1, 0.15) is 25.3 Å². The molecular formula is C13H16O5. The third kappa shape index (κ3) is 4.08. The van der Waals surface area contributed by atoms with Gasteiger partial charge in [-0.05, 0) is 24.1 Å². The van der Waals surface area contributed by atoms with E-state index < -0.39 is 11.8 Å². The molecule has 1 aromatic carbocycles. The predicted molar refractivity (Wildman–Crippen MR) is 64.3 cm³/mol. The Bertz CT molecular complexity index is 439. The minimum absolute atomic E-state index is 0.154. The molecule has 5 heteroatoms. The minimum Gasteiger partial charge on any atom is -0.504 e. The van der Waals surface area contributed by atoms with Crippen molar-refractivity contribution in [3.05, 3.63) is 23.8 Å². The van der Waals surface area contributed by atoms with Crippen LogP contribution in [0.4, 0.5) is 0 Å². The number of hydrogen-bond donors (Lipinski definition) is 2. The van der Waals surface area contributed by atoms with Gasteiger partial charge >= 0.3 is 5.97 Å². The molecule has 0 amide bonds. The molecule has 0 aliphatic heterocycles. The van der Waals surface area contributed by atoms with E-state index in [-0.39, 0.29) is 24.5 Å². The van der Waals surface area contributed by atoms with Gasteiger partial charge in [-0.25, -0.2) is 4.79 Å². The van der Waals surface area contributed by atoms with Crippen molar-refractivity contribution >= 4 is 11.8 Å². The maximum Gasteiger partial charge on any atom is 0.374 e. The van der Waals surface area contributed by atoms with Crippen molar-refractivity contribution < 1.29 is 24.5 Å². The number of rotatable bonds is 6. The average Bonchev–Trinajstić information content (AvgIpc) is 2.34. The molecule has 0 heterocycles. The lowest BCUT2D eigenvalue weighted by molar-refractivity contribution is -0.153. The lowest BCUT2D eigenvalue weighted by Gasteiger charge is -2.04. The summed E-state index contributed by atoms with van der Waals surface area (Å²) >= 11 is 0. The molecule has 0 saturated heterocycles. The van der Waals surface area contributed by atoms with Crippen LogP contribution in [0.2, 0.25) is 0 Å². The van der Waals surface area contributed by atoms with E-state index in [1.807, 2.05) is 6.92 Å². The lowest BCUT2D eigenvalue weighted by atomic mass is 10.1. The maximum absolute atomic E-state index is 11.5. The first-order valence-electron chi connectivity index (χ1n) is 5.75. The molecule has 18 heavy (non-hydrogen) atoms. The third-order valence-electron chi connectivity index (χ3n) is 2.36. The molecule has 0 radical (unpaired) electrons. The zero-order valence-corrected chi connectivity index (χ0v) is 10.2. The summed E-state index contributed by atoms with van der Waals surface area (Å²) in [5, 5.41) is 18.4. The zero-order chi connectivity index (χ0) is 13.5. The van der Waals surface area contributed by atoms with Crippen molar-refractivity contribution in [1.82, 2.24) is 0 Å². The Morgan fingerprint density at radius 1 is 1.22 bits per heavy atom. The van der Waals surface area contributed by atoms with Gasteiger partial charge < -0.3 is 14.9 Å². The van der Waals surface area contributed by atoms with Gasteiger partial charge in [0.15, 0.2) is 11.5 Å². The molecule has 0 unspecified atom stereocenters. The molecule has 5 nitrogen and oxygen atoms in total. The maximum atomic E-state index is 11.5. The minimum atomic E-state index is -0.865. The van der Waals surface area contributed by atoms with Gasteiger partial charge in [-0.1, -0.05) is 19.4 Å². The van der Waals surface area contributed by atoms with Crippen molar-refractivity contribution in [2.24, 2.45) is 0 Å². The molecule has 0 bridgehead atoms. The first-order valence-corrected chi connectivity index (χ1v) is 5.75. The quantitative estimate of drug-likeness (QED) is 0.347. The van der Waals surface area contributed by atoms with Gasteiger partial charge in [0, 0.05) is 6.42 Å². The average molecular weight is 252 g/mol. The van der Waals surface area contributed by atoms with Crippen molar-refractivity contribution in [3.8, 4) is 11.5 Å². The van der Waals surface area contributed by atoms with Crippen molar-refractivity contribution in [3.63, 3.8) is 0 Å². The number of ether oxygens (including phenoxy) is 1. The molecule has 1 rings (SSSR count). The zero-order valence-electron chi connectivity index (χ0n) is 10.2.